The third kappa shape index (κ3) is 13.6. The van der Waals surface area contributed by atoms with E-state index in [2.05, 4.69) is 35.7 Å². The number of ether oxygens (including phenoxy) is 3. The summed E-state index contributed by atoms with van der Waals surface area (Å²) in [5.74, 6) is -0.763. The number of hydrogen-bond donors (Lipinski definition) is 3. The zero-order valence-electron chi connectivity index (χ0n) is 17.9. The number of carbonyl (C=O) groups excluding carboxylic acids is 3. The first kappa shape index (κ1) is 27.5. The molecule has 0 aromatic carbocycles. The van der Waals surface area contributed by atoms with Crippen molar-refractivity contribution in [1.82, 2.24) is 16.0 Å². The molecule has 0 aromatic rings. The summed E-state index contributed by atoms with van der Waals surface area (Å²) in [6.07, 6.45) is 4.33. The van der Waals surface area contributed by atoms with Gasteiger partial charge in [0.25, 0.3) is 0 Å². The molecule has 3 amide bonds. The smallest absolute Gasteiger partial charge is 0.243 e. The minimum Gasteiger partial charge on any atom is -0.379 e. The number of hydrogen-bond acceptors (Lipinski definition) is 6. The van der Waals surface area contributed by atoms with Gasteiger partial charge in [0.1, 0.15) is 0 Å². The second kappa shape index (κ2) is 17.4. The summed E-state index contributed by atoms with van der Waals surface area (Å²) >= 11 is 0. The third-order valence-corrected chi connectivity index (χ3v) is 4.17. The lowest BCUT2D eigenvalue weighted by Crippen LogP contribution is -2.39. The maximum atomic E-state index is 11.2. The zero-order chi connectivity index (χ0) is 22.7. The highest BCUT2D eigenvalue weighted by Crippen LogP contribution is 2.24. The van der Waals surface area contributed by atoms with Gasteiger partial charge in [-0.15, -0.1) is 0 Å². The van der Waals surface area contributed by atoms with Crippen LogP contribution in [0.4, 0.5) is 0 Å². The van der Waals surface area contributed by atoms with Crippen molar-refractivity contribution in [2.75, 3.05) is 59.3 Å². The van der Waals surface area contributed by atoms with Gasteiger partial charge in [-0.05, 0) is 24.6 Å². The molecule has 0 radical (unpaired) electrons. The van der Waals surface area contributed by atoms with Crippen LogP contribution in [0.5, 0.6) is 0 Å². The molecule has 0 saturated carbocycles. The maximum Gasteiger partial charge on any atom is 0.243 e. The Morgan fingerprint density at radius 1 is 0.700 bits per heavy atom. The van der Waals surface area contributed by atoms with Gasteiger partial charge < -0.3 is 30.2 Å². The van der Waals surface area contributed by atoms with Crippen LogP contribution in [-0.2, 0) is 28.6 Å². The largest absolute Gasteiger partial charge is 0.379 e. The molecule has 0 bridgehead atoms. The maximum absolute atomic E-state index is 11.2. The second-order valence-corrected chi connectivity index (χ2v) is 6.50. The quantitative estimate of drug-likeness (QED) is 0.203. The fourth-order valence-corrected chi connectivity index (χ4v) is 2.25. The average molecular weight is 426 g/mol. The van der Waals surface area contributed by atoms with Crippen LogP contribution in [0.3, 0.4) is 0 Å². The van der Waals surface area contributed by atoms with E-state index in [4.69, 9.17) is 14.2 Å². The van der Waals surface area contributed by atoms with Crippen LogP contribution in [-0.4, -0.2) is 77.0 Å². The molecule has 0 spiro atoms. The average Bonchev–Trinajstić information content (AvgIpc) is 2.76. The summed E-state index contributed by atoms with van der Waals surface area (Å²) < 4.78 is 17.2. The van der Waals surface area contributed by atoms with E-state index in [0.29, 0.717) is 59.3 Å². The van der Waals surface area contributed by atoms with E-state index in [1.165, 1.54) is 18.2 Å². The second-order valence-electron chi connectivity index (χ2n) is 6.50. The monoisotopic (exact) mass is 425 g/mol. The van der Waals surface area contributed by atoms with Crippen LogP contribution in [0, 0.1) is 5.41 Å². The predicted molar refractivity (Wildman–Crippen MR) is 115 cm³/mol. The Morgan fingerprint density at radius 2 is 1.00 bits per heavy atom. The first-order chi connectivity index (χ1) is 14.4. The Morgan fingerprint density at radius 3 is 1.23 bits per heavy atom. The molecule has 0 heterocycles. The van der Waals surface area contributed by atoms with Gasteiger partial charge in [-0.25, -0.2) is 0 Å². The van der Waals surface area contributed by atoms with E-state index in [1.807, 2.05) is 6.92 Å². The Bertz CT molecular complexity index is 491. The van der Waals surface area contributed by atoms with Crippen LogP contribution in [0.25, 0.3) is 0 Å². The third-order valence-electron chi connectivity index (χ3n) is 4.17. The summed E-state index contributed by atoms with van der Waals surface area (Å²) in [6.45, 7) is 15.4. The molecule has 30 heavy (non-hydrogen) atoms. The van der Waals surface area contributed by atoms with E-state index < -0.39 is 5.41 Å². The van der Waals surface area contributed by atoms with Gasteiger partial charge in [0.15, 0.2) is 0 Å². The molecule has 0 aromatic heterocycles. The Labute approximate surface area is 178 Å². The fourth-order valence-electron chi connectivity index (χ4n) is 2.25. The van der Waals surface area contributed by atoms with Crippen LogP contribution in [0.1, 0.15) is 13.3 Å². The molecule has 0 atom stereocenters. The summed E-state index contributed by atoms with van der Waals surface area (Å²) in [6, 6.07) is 0. The van der Waals surface area contributed by atoms with E-state index in [0.717, 1.165) is 6.42 Å². The van der Waals surface area contributed by atoms with Gasteiger partial charge in [0.2, 0.25) is 17.7 Å². The number of carbonyl (C=O) groups is 3. The van der Waals surface area contributed by atoms with Crippen LogP contribution >= 0.6 is 0 Å². The van der Waals surface area contributed by atoms with Crippen molar-refractivity contribution >= 4 is 17.7 Å². The number of rotatable bonds is 19. The highest BCUT2D eigenvalue weighted by Gasteiger charge is 2.29. The molecule has 9 nitrogen and oxygen atoms in total. The van der Waals surface area contributed by atoms with Gasteiger partial charge in [-0.1, -0.05) is 26.7 Å². The summed E-state index contributed by atoms with van der Waals surface area (Å²) in [7, 11) is 0. The van der Waals surface area contributed by atoms with E-state index >= 15 is 0 Å². The van der Waals surface area contributed by atoms with Crippen molar-refractivity contribution in [2.45, 2.75) is 13.3 Å². The highest BCUT2D eigenvalue weighted by molar-refractivity contribution is 5.87. The molecule has 0 aliphatic carbocycles. The molecule has 3 N–H and O–H groups in total. The van der Waals surface area contributed by atoms with Gasteiger partial charge in [-0.3, -0.25) is 14.4 Å². The molecule has 0 unspecified atom stereocenters. The normalized spacial score (nSPS) is 10.7. The summed E-state index contributed by atoms with van der Waals surface area (Å²) in [5, 5.41) is 7.94. The molecule has 0 rings (SSSR count). The first-order valence-corrected chi connectivity index (χ1v) is 9.87. The highest BCUT2D eigenvalue weighted by atomic mass is 16.5. The van der Waals surface area contributed by atoms with Crippen molar-refractivity contribution in [2.24, 2.45) is 5.41 Å². The Kier molecular flexibility index (Phi) is 15.9. The standard InChI is InChI=1S/C21H35N3O6/c1-5-18(25)22-9-12-28-15-21(8-4,16-29-13-10-23-19(26)6-2)17-30-14-11-24-20(27)7-3/h5-7H,1-3,8-17H2,4H3,(H,22,25)(H,23,26)(H,24,27). The van der Waals surface area contributed by atoms with Crippen molar-refractivity contribution in [3.63, 3.8) is 0 Å². The lowest BCUT2D eigenvalue weighted by molar-refractivity contribution is -0.117. The molecular weight excluding hydrogens is 390 g/mol. The molecule has 0 saturated heterocycles. The Balaban J connectivity index is 4.52. The molecule has 0 fully saturated rings. The van der Waals surface area contributed by atoms with Gasteiger partial charge >= 0.3 is 0 Å². The molecule has 170 valence electrons. The summed E-state index contributed by atoms with van der Waals surface area (Å²) in [5.41, 5.74) is -0.409. The summed E-state index contributed by atoms with van der Waals surface area (Å²) in [4.78, 5) is 33.5. The van der Waals surface area contributed by atoms with Crippen molar-refractivity contribution in [3.05, 3.63) is 38.0 Å². The Hall–Kier alpha value is -2.49. The number of amides is 3. The van der Waals surface area contributed by atoms with Crippen LogP contribution in [0.2, 0.25) is 0 Å². The van der Waals surface area contributed by atoms with E-state index in [-0.39, 0.29) is 17.7 Å². The van der Waals surface area contributed by atoms with Crippen molar-refractivity contribution in [1.29, 1.82) is 0 Å². The fraction of sp³-hybridized carbons (Fsp3) is 0.571. The van der Waals surface area contributed by atoms with Gasteiger partial charge in [-0.2, -0.15) is 0 Å². The molecule has 0 aliphatic rings. The van der Waals surface area contributed by atoms with Crippen LogP contribution < -0.4 is 16.0 Å². The van der Waals surface area contributed by atoms with E-state index in [1.54, 1.807) is 0 Å². The predicted octanol–water partition coefficient (Wildman–Crippen LogP) is 0.339. The van der Waals surface area contributed by atoms with E-state index in [9.17, 15) is 14.4 Å². The minimum atomic E-state index is -0.409. The zero-order valence-corrected chi connectivity index (χ0v) is 17.9. The first-order valence-electron chi connectivity index (χ1n) is 9.87. The minimum absolute atomic E-state index is 0.254. The lowest BCUT2D eigenvalue weighted by atomic mass is 9.88. The van der Waals surface area contributed by atoms with Gasteiger partial charge in [0, 0.05) is 25.0 Å². The number of nitrogens with one attached hydrogen (secondary N) is 3. The lowest BCUT2D eigenvalue weighted by Gasteiger charge is -2.32. The SMILES string of the molecule is C=CC(=O)NCCOCC(CC)(COCCNC(=O)C=C)COCCNC(=O)C=C. The topological polar surface area (TPSA) is 115 Å². The molecule has 0 aliphatic heterocycles. The van der Waals surface area contributed by atoms with Crippen molar-refractivity contribution < 1.29 is 28.6 Å². The molecule has 9 heteroatoms. The van der Waals surface area contributed by atoms with Crippen LogP contribution in [0.15, 0.2) is 38.0 Å². The van der Waals surface area contributed by atoms with Crippen molar-refractivity contribution in [3.8, 4) is 0 Å². The van der Waals surface area contributed by atoms with Gasteiger partial charge in [0.05, 0.1) is 39.6 Å². The molecular formula is C21H35N3O6.